The van der Waals surface area contributed by atoms with Crippen molar-refractivity contribution < 1.29 is 14.3 Å². The fourth-order valence-electron chi connectivity index (χ4n) is 2.59. The van der Waals surface area contributed by atoms with E-state index in [-0.39, 0.29) is 18.1 Å². The van der Waals surface area contributed by atoms with Gasteiger partial charge in [0.25, 0.3) is 5.95 Å². The first kappa shape index (κ1) is 17.6. The third kappa shape index (κ3) is 4.24. The first-order chi connectivity index (χ1) is 12.7. The van der Waals surface area contributed by atoms with Crippen molar-refractivity contribution in [3.05, 3.63) is 36.5 Å². The molecule has 2 aromatic rings. The van der Waals surface area contributed by atoms with Crippen LogP contribution in [0.1, 0.15) is 6.92 Å². The van der Waals surface area contributed by atoms with Gasteiger partial charge >= 0.3 is 12.1 Å². The zero-order valence-electron chi connectivity index (χ0n) is 14.5. The lowest BCUT2D eigenvalue weighted by atomic mass is 10.2. The Bertz CT molecular complexity index is 762. The van der Waals surface area contributed by atoms with Gasteiger partial charge in [-0.2, -0.15) is 5.10 Å². The Hall–Kier alpha value is -3.23. The van der Waals surface area contributed by atoms with Crippen LogP contribution >= 0.6 is 0 Å². The number of rotatable bonds is 3. The number of carbonyl (C=O) groups excluding carboxylic acids is 2. The highest BCUT2D eigenvalue weighted by Crippen LogP contribution is 2.16. The molecule has 0 aliphatic carbocycles. The monoisotopic (exact) mass is 356 g/mol. The number of hydrogen-bond acceptors (Lipinski definition) is 6. The molecule has 1 N–H and O–H groups in total. The third-order valence-corrected chi connectivity index (χ3v) is 3.94. The highest BCUT2D eigenvalue weighted by Gasteiger charge is 2.25. The van der Waals surface area contributed by atoms with Gasteiger partial charge in [-0.3, -0.25) is 5.32 Å². The number of piperazine rings is 1. The molecule has 136 valence electrons. The second-order valence-electron chi connectivity index (χ2n) is 5.63. The summed E-state index contributed by atoms with van der Waals surface area (Å²) in [7, 11) is 0. The molecule has 3 amide bonds. The summed E-state index contributed by atoms with van der Waals surface area (Å²) in [5, 5.41) is 10.4. The number of amides is 3. The van der Waals surface area contributed by atoms with Crippen molar-refractivity contribution in [3.8, 4) is 11.3 Å². The van der Waals surface area contributed by atoms with Gasteiger partial charge in [0, 0.05) is 31.7 Å². The summed E-state index contributed by atoms with van der Waals surface area (Å²) in [6.07, 6.45) is 1.19. The van der Waals surface area contributed by atoms with Gasteiger partial charge in [-0.05, 0) is 6.92 Å². The van der Waals surface area contributed by atoms with Crippen LogP contribution < -0.4 is 5.32 Å². The lowest BCUT2D eigenvalue weighted by Crippen LogP contribution is -2.51. The van der Waals surface area contributed by atoms with Crippen molar-refractivity contribution in [2.24, 2.45) is 0 Å². The zero-order valence-corrected chi connectivity index (χ0v) is 14.5. The number of hydrogen-bond donors (Lipinski definition) is 1. The molecule has 26 heavy (non-hydrogen) atoms. The lowest BCUT2D eigenvalue weighted by molar-refractivity contribution is 0.0868. The maximum absolute atomic E-state index is 12.4. The SMILES string of the molecule is CCOC(=O)N1CCN(C(=O)Nc2nncc(-c3ccccc3)n2)CC1. The molecule has 1 aromatic heterocycles. The fraction of sp³-hybridized carbons (Fsp3) is 0.353. The number of ether oxygens (including phenoxy) is 1. The number of nitrogens with zero attached hydrogens (tertiary/aromatic N) is 5. The molecule has 0 unspecified atom stereocenters. The first-order valence-corrected chi connectivity index (χ1v) is 8.40. The normalized spacial score (nSPS) is 14.0. The molecule has 9 heteroatoms. The van der Waals surface area contributed by atoms with Gasteiger partial charge in [-0.25, -0.2) is 14.6 Å². The molecule has 0 radical (unpaired) electrons. The van der Waals surface area contributed by atoms with E-state index in [4.69, 9.17) is 4.74 Å². The molecule has 1 aromatic carbocycles. The summed E-state index contributed by atoms with van der Waals surface area (Å²) in [6.45, 7) is 3.78. The molecular formula is C17H20N6O3. The van der Waals surface area contributed by atoms with E-state index in [0.717, 1.165) is 5.56 Å². The number of nitrogens with one attached hydrogen (secondary N) is 1. The van der Waals surface area contributed by atoms with E-state index in [0.29, 0.717) is 38.5 Å². The minimum absolute atomic E-state index is 0.143. The van der Waals surface area contributed by atoms with Crippen LogP contribution in [-0.2, 0) is 4.74 Å². The number of anilines is 1. The van der Waals surface area contributed by atoms with Gasteiger partial charge in [-0.15, -0.1) is 5.10 Å². The Kier molecular flexibility index (Phi) is 5.57. The van der Waals surface area contributed by atoms with Crippen LogP contribution in [0.2, 0.25) is 0 Å². The lowest BCUT2D eigenvalue weighted by Gasteiger charge is -2.33. The highest BCUT2D eigenvalue weighted by molar-refractivity contribution is 5.87. The summed E-state index contributed by atoms with van der Waals surface area (Å²) in [6, 6.07) is 9.21. The van der Waals surface area contributed by atoms with Crippen molar-refractivity contribution in [3.63, 3.8) is 0 Å². The van der Waals surface area contributed by atoms with Crippen LogP contribution in [0.5, 0.6) is 0 Å². The molecule has 3 rings (SSSR count). The molecule has 1 aliphatic heterocycles. The molecule has 0 bridgehead atoms. The predicted molar refractivity (Wildman–Crippen MR) is 94.4 cm³/mol. The number of carbonyl (C=O) groups is 2. The number of benzene rings is 1. The van der Waals surface area contributed by atoms with E-state index in [9.17, 15) is 9.59 Å². The van der Waals surface area contributed by atoms with Gasteiger partial charge < -0.3 is 14.5 Å². The Morgan fingerprint density at radius 1 is 1.12 bits per heavy atom. The molecule has 2 heterocycles. The number of urea groups is 1. The average molecular weight is 356 g/mol. The molecule has 9 nitrogen and oxygen atoms in total. The van der Waals surface area contributed by atoms with Crippen molar-refractivity contribution in [1.29, 1.82) is 0 Å². The quantitative estimate of drug-likeness (QED) is 0.901. The molecule has 0 spiro atoms. The van der Waals surface area contributed by atoms with Crippen LogP contribution in [-0.4, -0.2) is 69.9 Å². The molecule has 1 saturated heterocycles. The standard InChI is InChI=1S/C17H20N6O3/c1-2-26-17(25)23-10-8-22(9-11-23)16(24)20-15-19-14(12-18-21-15)13-6-4-3-5-7-13/h3-7,12H,2,8-11H2,1H3,(H,19,20,21,24). The topological polar surface area (TPSA) is 101 Å². The van der Waals surface area contributed by atoms with Crippen LogP contribution in [0.3, 0.4) is 0 Å². The van der Waals surface area contributed by atoms with Gasteiger partial charge in [0.1, 0.15) is 0 Å². The second-order valence-corrected chi connectivity index (χ2v) is 5.63. The van der Waals surface area contributed by atoms with E-state index >= 15 is 0 Å². The maximum atomic E-state index is 12.4. The molecule has 0 atom stereocenters. The fourth-order valence-corrected chi connectivity index (χ4v) is 2.59. The van der Waals surface area contributed by atoms with Crippen molar-refractivity contribution >= 4 is 18.1 Å². The van der Waals surface area contributed by atoms with E-state index in [1.165, 1.54) is 0 Å². The minimum atomic E-state index is -0.351. The molecule has 1 aliphatic rings. The Morgan fingerprint density at radius 3 is 2.50 bits per heavy atom. The second kappa shape index (κ2) is 8.24. The highest BCUT2D eigenvalue weighted by atomic mass is 16.6. The smallest absolute Gasteiger partial charge is 0.409 e. The van der Waals surface area contributed by atoms with Crippen LogP contribution in [0.4, 0.5) is 15.5 Å². The van der Waals surface area contributed by atoms with Gasteiger partial charge in [0.15, 0.2) is 0 Å². The largest absolute Gasteiger partial charge is 0.450 e. The van der Waals surface area contributed by atoms with Crippen LogP contribution in [0.25, 0.3) is 11.3 Å². The summed E-state index contributed by atoms with van der Waals surface area (Å²) in [4.78, 5) is 31.6. The van der Waals surface area contributed by atoms with Crippen LogP contribution in [0, 0.1) is 0 Å². The molecular weight excluding hydrogens is 336 g/mol. The predicted octanol–water partition coefficient (Wildman–Crippen LogP) is 1.84. The van der Waals surface area contributed by atoms with Crippen molar-refractivity contribution in [1.82, 2.24) is 25.0 Å². The Labute approximate surface area is 151 Å². The average Bonchev–Trinajstić information content (AvgIpc) is 2.69. The summed E-state index contributed by atoms with van der Waals surface area (Å²) in [5.41, 5.74) is 1.52. The van der Waals surface area contributed by atoms with E-state index in [1.54, 1.807) is 22.9 Å². The maximum Gasteiger partial charge on any atom is 0.409 e. The van der Waals surface area contributed by atoms with Crippen molar-refractivity contribution in [2.75, 3.05) is 38.1 Å². The third-order valence-electron chi connectivity index (χ3n) is 3.94. The summed E-state index contributed by atoms with van der Waals surface area (Å²) in [5.74, 6) is 0.143. The van der Waals surface area contributed by atoms with Gasteiger partial charge in [0.05, 0.1) is 18.5 Å². The summed E-state index contributed by atoms with van der Waals surface area (Å²) < 4.78 is 4.97. The Balaban J connectivity index is 1.58. The molecule has 0 saturated carbocycles. The number of aromatic nitrogens is 3. The van der Waals surface area contributed by atoms with E-state index in [1.807, 2.05) is 30.3 Å². The van der Waals surface area contributed by atoms with E-state index < -0.39 is 0 Å². The minimum Gasteiger partial charge on any atom is -0.450 e. The zero-order chi connectivity index (χ0) is 18.4. The van der Waals surface area contributed by atoms with E-state index in [2.05, 4.69) is 20.5 Å². The van der Waals surface area contributed by atoms with Gasteiger partial charge in [0.2, 0.25) is 0 Å². The van der Waals surface area contributed by atoms with Crippen LogP contribution in [0.15, 0.2) is 36.5 Å². The molecule has 1 fully saturated rings. The first-order valence-electron chi connectivity index (χ1n) is 8.40. The Morgan fingerprint density at radius 2 is 1.81 bits per heavy atom. The van der Waals surface area contributed by atoms with Crippen molar-refractivity contribution in [2.45, 2.75) is 6.92 Å². The van der Waals surface area contributed by atoms with Gasteiger partial charge in [-0.1, -0.05) is 30.3 Å². The summed E-state index contributed by atoms with van der Waals surface area (Å²) >= 11 is 0.